The lowest BCUT2D eigenvalue weighted by atomic mass is 10.2. The van der Waals surface area contributed by atoms with E-state index >= 15 is 0 Å². The molecule has 0 aliphatic carbocycles. The summed E-state index contributed by atoms with van der Waals surface area (Å²) in [4.78, 5) is 22.6. The fourth-order valence-corrected chi connectivity index (χ4v) is 1.27. The van der Waals surface area contributed by atoms with Crippen LogP contribution in [0.1, 0.15) is 12.5 Å². The van der Waals surface area contributed by atoms with Crippen LogP contribution in [0.5, 0.6) is 0 Å². The summed E-state index contributed by atoms with van der Waals surface area (Å²) in [6.07, 6.45) is 0. The average molecular weight is 247 g/mol. The lowest BCUT2D eigenvalue weighted by Crippen LogP contribution is -2.41. The van der Waals surface area contributed by atoms with E-state index in [1.807, 2.05) is 6.07 Å². The average Bonchev–Trinajstić information content (AvgIpc) is 2.37. The first kappa shape index (κ1) is 13.5. The van der Waals surface area contributed by atoms with Crippen LogP contribution >= 0.6 is 0 Å². The molecule has 1 rings (SSSR count). The molecule has 0 aromatic heterocycles. The van der Waals surface area contributed by atoms with E-state index in [2.05, 4.69) is 15.4 Å². The normalized spacial score (nSPS) is 10.9. The molecule has 0 radical (unpaired) electrons. The molecule has 6 nitrogen and oxygen atoms in total. The minimum Gasteiger partial charge on any atom is -0.467 e. The zero-order chi connectivity index (χ0) is 13.5. The largest absolute Gasteiger partial charge is 0.467 e. The van der Waals surface area contributed by atoms with Crippen molar-refractivity contribution in [1.82, 2.24) is 5.32 Å². The number of anilines is 1. The zero-order valence-corrected chi connectivity index (χ0v) is 10.1. The molecule has 1 atom stereocenters. The van der Waals surface area contributed by atoms with E-state index in [1.165, 1.54) is 20.1 Å². The third-order valence-corrected chi connectivity index (χ3v) is 2.15. The molecule has 0 fully saturated rings. The smallest absolute Gasteiger partial charge is 0.328 e. The van der Waals surface area contributed by atoms with Gasteiger partial charge in [0.05, 0.1) is 18.7 Å². The second kappa shape index (κ2) is 6.25. The summed E-state index contributed by atoms with van der Waals surface area (Å²) < 4.78 is 4.48. The number of benzene rings is 1. The molecule has 2 N–H and O–H groups in total. The Bertz CT molecular complexity index is 494. The van der Waals surface area contributed by atoms with Crippen LogP contribution < -0.4 is 10.6 Å². The summed E-state index contributed by atoms with van der Waals surface area (Å²) in [7, 11) is 1.24. The molecule has 1 unspecified atom stereocenters. The van der Waals surface area contributed by atoms with Crippen molar-refractivity contribution in [2.24, 2.45) is 0 Å². The second-order valence-electron chi connectivity index (χ2n) is 3.54. The molecule has 1 aromatic carbocycles. The standard InChI is InChI=1S/C12H13N3O3/c1-8(11(16)18-2)14-12(17)15-10-5-3-4-9(6-10)7-13/h3-6,8H,1-2H3,(H2,14,15,17). The first-order chi connectivity index (χ1) is 8.56. The third-order valence-electron chi connectivity index (χ3n) is 2.15. The first-order valence-electron chi connectivity index (χ1n) is 5.22. The molecule has 1 aromatic rings. The molecule has 18 heavy (non-hydrogen) atoms. The number of amides is 2. The van der Waals surface area contributed by atoms with E-state index in [0.29, 0.717) is 11.3 Å². The number of urea groups is 1. The number of nitrogens with one attached hydrogen (secondary N) is 2. The number of ether oxygens (including phenoxy) is 1. The van der Waals surface area contributed by atoms with Crippen LogP contribution in [0.2, 0.25) is 0 Å². The first-order valence-corrected chi connectivity index (χ1v) is 5.22. The van der Waals surface area contributed by atoms with Crippen molar-refractivity contribution in [1.29, 1.82) is 5.26 Å². The Kier molecular flexibility index (Phi) is 4.69. The zero-order valence-electron chi connectivity index (χ0n) is 10.1. The molecule has 6 heteroatoms. The van der Waals surface area contributed by atoms with E-state index in [1.54, 1.807) is 18.2 Å². The van der Waals surface area contributed by atoms with Gasteiger partial charge >= 0.3 is 12.0 Å². The maximum atomic E-state index is 11.5. The van der Waals surface area contributed by atoms with Crippen molar-refractivity contribution in [3.63, 3.8) is 0 Å². The maximum Gasteiger partial charge on any atom is 0.328 e. The molecular formula is C12H13N3O3. The van der Waals surface area contributed by atoms with Gasteiger partial charge in [-0.1, -0.05) is 6.07 Å². The van der Waals surface area contributed by atoms with Gasteiger partial charge in [-0.05, 0) is 25.1 Å². The van der Waals surface area contributed by atoms with E-state index in [4.69, 9.17) is 5.26 Å². The number of carbonyl (C=O) groups excluding carboxylic acids is 2. The van der Waals surface area contributed by atoms with Crippen LogP contribution in [0.3, 0.4) is 0 Å². The van der Waals surface area contributed by atoms with E-state index in [-0.39, 0.29) is 0 Å². The summed E-state index contributed by atoms with van der Waals surface area (Å²) in [5.74, 6) is -0.532. The highest BCUT2D eigenvalue weighted by Gasteiger charge is 2.15. The monoisotopic (exact) mass is 247 g/mol. The van der Waals surface area contributed by atoms with Crippen molar-refractivity contribution in [3.8, 4) is 6.07 Å². The molecule has 0 aliphatic heterocycles. The Labute approximate surface area is 105 Å². The van der Waals surface area contributed by atoms with Crippen molar-refractivity contribution in [2.75, 3.05) is 12.4 Å². The summed E-state index contributed by atoms with van der Waals surface area (Å²) >= 11 is 0. The van der Waals surface area contributed by atoms with Gasteiger partial charge in [0.25, 0.3) is 0 Å². The van der Waals surface area contributed by atoms with Crippen molar-refractivity contribution < 1.29 is 14.3 Å². The van der Waals surface area contributed by atoms with Crippen LogP contribution in [-0.2, 0) is 9.53 Å². The van der Waals surface area contributed by atoms with Gasteiger partial charge in [-0.25, -0.2) is 9.59 Å². The van der Waals surface area contributed by atoms with Gasteiger partial charge in [0.1, 0.15) is 6.04 Å². The van der Waals surface area contributed by atoms with Gasteiger partial charge in [-0.15, -0.1) is 0 Å². The minimum atomic E-state index is -0.742. The third kappa shape index (κ3) is 3.79. The van der Waals surface area contributed by atoms with E-state index in [9.17, 15) is 9.59 Å². The Hall–Kier alpha value is -2.55. The molecule has 0 spiro atoms. The second-order valence-corrected chi connectivity index (χ2v) is 3.54. The number of hydrogen-bond acceptors (Lipinski definition) is 4. The van der Waals surface area contributed by atoms with Gasteiger partial charge in [0.2, 0.25) is 0 Å². The lowest BCUT2D eigenvalue weighted by molar-refractivity contribution is -0.142. The van der Waals surface area contributed by atoms with Gasteiger partial charge < -0.3 is 15.4 Å². The highest BCUT2D eigenvalue weighted by Crippen LogP contribution is 2.09. The molecule has 0 heterocycles. The molecule has 0 aliphatic rings. The SMILES string of the molecule is COC(=O)C(C)NC(=O)Nc1cccc(C#N)c1. The van der Waals surface area contributed by atoms with Crippen LogP contribution in [0.15, 0.2) is 24.3 Å². The lowest BCUT2D eigenvalue weighted by Gasteiger charge is -2.12. The maximum absolute atomic E-state index is 11.5. The van der Waals surface area contributed by atoms with E-state index in [0.717, 1.165) is 0 Å². The van der Waals surface area contributed by atoms with Gasteiger partial charge in [0.15, 0.2) is 0 Å². The van der Waals surface area contributed by atoms with Gasteiger partial charge in [-0.3, -0.25) is 0 Å². The van der Waals surface area contributed by atoms with Crippen LogP contribution in [0, 0.1) is 11.3 Å². The predicted octanol–water partition coefficient (Wildman–Crippen LogP) is 1.24. The fraction of sp³-hybridized carbons (Fsp3) is 0.250. The van der Waals surface area contributed by atoms with Crippen molar-refractivity contribution >= 4 is 17.7 Å². The Morgan fingerprint density at radius 1 is 1.44 bits per heavy atom. The molecule has 0 saturated heterocycles. The quantitative estimate of drug-likeness (QED) is 0.786. The number of rotatable bonds is 3. The predicted molar refractivity (Wildman–Crippen MR) is 64.8 cm³/mol. The number of nitriles is 1. The highest BCUT2D eigenvalue weighted by atomic mass is 16.5. The van der Waals surface area contributed by atoms with E-state index < -0.39 is 18.0 Å². The summed E-state index contributed by atoms with van der Waals surface area (Å²) in [5, 5.41) is 13.6. The summed E-state index contributed by atoms with van der Waals surface area (Å²) in [5.41, 5.74) is 0.914. The Morgan fingerprint density at radius 2 is 2.17 bits per heavy atom. The number of carbonyl (C=O) groups is 2. The molecular weight excluding hydrogens is 234 g/mol. The van der Waals surface area contributed by atoms with Crippen molar-refractivity contribution in [2.45, 2.75) is 13.0 Å². The van der Waals surface area contributed by atoms with Gasteiger partial charge in [-0.2, -0.15) is 5.26 Å². The molecule has 0 bridgehead atoms. The number of esters is 1. The molecule has 2 amide bonds. The van der Waals surface area contributed by atoms with Gasteiger partial charge in [0, 0.05) is 5.69 Å². The number of methoxy groups -OCH3 is 1. The topological polar surface area (TPSA) is 91.2 Å². The Balaban J connectivity index is 2.60. The number of nitrogens with zero attached hydrogens (tertiary/aromatic N) is 1. The Morgan fingerprint density at radius 3 is 2.78 bits per heavy atom. The van der Waals surface area contributed by atoms with Crippen molar-refractivity contribution in [3.05, 3.63) is 29.8 Å². The highest BCUT2D eigenvalue weighted by molar-refractivity contribution is 5.92. The molecule has 94 valence electrons. The van der Waals surface area contributed by atoms with Crippen LogP contribution in [-0.4, -0.2) is 25.2 Å². The molecule has 0 saturated carbocycles. The summed E-state index contributed by atoms with van der Waals surface area (Å²) in [6, 6.07) is 7.13. The number of hydrogen-bond donors (Lipinski definition) is 2. The minimum absolute atomic E-state index is 0.439. The van der Waals surface area contributed by atoms with Crippen LogP contribution in [0.25, 0.3) is 0 Å². The summed E-state index contributed by atoms with van der Waals surface area (Å²) in [6.45, 7) is 1.51. The van der Waals surface area contributed by atoms with Crippen LogP contribution in [0.4, 0.5) is 10.5 Å². The fourth-order valence-electron chi connectivity index (χ4n) is 1.27.